The number of carbonyl (C=O) groups is 2. The molecule has 36 heavy (non-hydrogen) atoms. The Bertz CT molecular complexity index is 1300. The maximum Gasteiger partial charge on any atom is 0.221 e. The molecular formula is C30H32N4O2. The number of Topliss-reactive ketones (excluding diaryl/α,β-unsaturated/α-hetero) is 1. The lowest BCUT2D eigenvalue weighted by Gasteiger charge is -2.30. The molecule has 3 unspecified atom stereocenters. The van der Waals surface area contributed by atoms with E-state index in [-0.39, 0.29) is 17.6 Å². The van der Waals surface area contributed by atoms with Crippen LogP contribution in [-0.2, 0) is 16.0 Å². The summed E-state index contributed by atoms with van der Waals surface area (Å²) >= 11 is 0. The molecule has 5 rings (SSSR count). The minimum absolute atomic E-state index is 0.122. The number of anilines is 1. The Morgan fingerprint density at radius 1 is 1.03 bits per heavy atom. The fraction of sp³-hybridized carbons (Fsp3) is 0.300. The van der Waals surface area contributed by atoms with Gasteiger partial charge in [-0.05, 0) is 42.9 Å². The number of amides is 1. The van der Waals surface area contributed by atoms with E-state index in [0.29, 0.717) is 6.42 Å². The van der Waals surface area contributed by atoms with Gasteiger partial charge in [-0.25, -0.2) is 0 Å². The Labute approximate surface area is 212 Å². The molecule has 1 heterocycles. The highest BCUT2D eigenvalue weighted by Gasteiger charge is 2.36. The highest BCUT2D eigenvalue weighted by atomic mass is 16.2. The van der Waals surface area contributed by atoms with Crippen molar-refractivity contribution in [1.29, 1.82) is 0 Å². The van der Waals surface area contributed by atoms with Crippen molar-refractivity contribution in [2.24, 2.45) is 10.7 Å². The van der Waals surface area contributed by atoms with Crippen molar-refractivity contribution in [1.82, 2.24) is 5.32 Å². The Hall–Kier alpha value is -3.77. The van der Waals surface area contributed by atoms with E-state index in [1.165, 1.54) is 11.1 Å². The number of aryl methyl sites for hydroxylation is 1. The summed E-state index contributed by atoms with van der Waals surface area (Å²) < 4.78 is 0. The standard InChI is InChI=1S/C30H32N4O2/c1-19(32-26(35)18-22-17-16-20-10-6-7-13-23(20)22)29(36)28-30(31)34(2)25-15-9-8-14-24(25)27(33-28)21-11-4-3-5-12-21/h3-15,19,22,28,30H,16-18,31H2,1-2H3,(H,32,35)/t19?,22?,28?,30-/m0/s1. The van der Waals surface area contributed by atoms with Gasteiger partial charge in [-0.2, -0.15) is 0 Å². The highest BCUT2D eigenvalue weighted by molar-refractivity contribution is 6.17. The summed E-state index contributed by atoms with van der Waals surface area (Å²) in [6.45, 7) is 1.73. The second kappa shape index (κ2) is 10.1. The zero-order chi connectivity index (χ0) is 25.2. The lowest BCUT2D eigenvalue weighted by molar-refractivity contribution is -0.128. The molecule has 184 valence electrons. The van der Waals surface area contributed by atoms with Crippen LogP contribution in [-0.4, -0.2) is 42.7 Å². The van der Waals surface area contributed by atoms with Gasteiger partial charge in [0, 0.05) is 30.3 Å². The van der Waals surface area contributed by atoms with Crippen LogP contribution in [0.5, 0.6) is 0 Å². The summed E-state index contributed by atoms with van der Waals surface area (Å²) in [7, 11) is 1.88. The number of para-hydroxylation sites is 1. The third-order valence-electron chi connectivity index (χ3n) is 7.41. The molecule has 3 N–H and O–H groups in total. The summed E-state index contributed by atoms with van der Waals surface area (Å²) in [6.07, 6.45) is 1.65. The Morgan fingerprint density at radius 3 is 2.53 bits per heavy atom. The highest BCUT2D eigenvalue weighted by Crippen LogP contribution is 2.35. The van der Waals surface area contributed by atoms with Crippen LogP contribution >= 0.6 is 0 Å². The van der Waals surface area contributed by atoms with Crippen molar-refractivity contribution in [3.8, 4) is 0 Å². The van der Waals surface area contributed by atoms with Gasteiger partial charge >= 0.3 is 0 Å². The first-order chi connectivity index (χ1) is 17.4. The van der Waals surface area contributed by atoms with Gasteiger partial charge in [0.1, 0.15) is 12.2 Å². The van der Waals surface area contributed by atoms with Gasteiger partial charge in [0.2, 0.25) is 5.91 Å². The maximum absolute atomic E-state index is 13.7. The van der Waals surface area contributed by atoms with Crippen LogP contribution in [0.15, 0.2) is 83.9 Å². The van der Waals surface area contributed by atoms with Crippen molar-refractivity contribution in [3.05, 3.63) is 101 Å². The first kappa shape index (κ1) is 23.9. The van der Waals surface area contributed by atoms with Crippen LogP contribution < -0.4 is 16.0 Å². The Morgan fingerprint density at radius 2 is 1.72 bits per heavy atom. The van der Waals surface area contributed by atoms with Gasteiger partial charge < -0.3 is 16.0 Å². The monoisotopic (exact) mass is 480 g/mol. The number of nitrogens with one attached hydrogen (secondary N) is 1. The molecule has 0 bridgehead atoms. The minimum Gasteiger partial charge on any atom is -0.356 e. The van der Waals surface area contributed by atoms with Crippen molar-refractivity contribution < 1.29 is 9.59 Å². The average Bonchev–Trinajstić information content (AvgIpc) is 3.26. The number of likely N-dealkylation sites (N-methyl/N-ethyl adjacent to an activating group) is 1. The molecule has 0 saturated carbocycles. The molecule has 0 aromatic heterocycles. The zero-order valence-corrected chi connectivity index (χ0v) is 20.7. The Kier molecular flexibility index (Phi) is 6.70. The van der Waals surface area contributed by atoms with E-state index in [9.17, 15) is 9.59 Å². The van der Waals surface area contributed by atoms with Crippen LogP contribution in [0.25, 0.3) is 0 Å². The molecule has 0 spiro atoms. The SMILES string of the molecule is CC(NC(=O)CC1CCc2ccccc21)C(=O)C1N=C(c2ccccc2)c2ccccc2N(C)[C@@H]1N. The smallest absolute Gasteiger partial charge is 0.221 e. The molecule has 0 saturated heterocycles. The lowest BCUT2D eigenvalue weighted by Crippen LogP contribution is -2.55. The predicted octanol–water partition coefficient (Wildman–Crippen LogP) is 3.82. The van der Waals surface area contributed by atoms with Gasteiger partial charge in [-0.3, -0.25) is 14.6 Å². The molecule has 1 amide bonds. The van der Waals surface area contributed by atoms with Crippen molar-refractivity contribution in [3.63, 3.8) is 0 Å². The second-order valence-corrected chi connectivity index (χ2v) is 9.74. The molecule has 6 nitrogen and oxygen atoms in total. The maximum atomic E-state index is 13.7. The van der Waals surface area contributed by atoms with Crippen molar-refractivity contribution in [2.75, 3.05) is 11.9 Å². The summed E-state index contributed by atoms with van der Waals surface area (Å²) in [5, 5.41) is 2.93. The molecular weight excluding hydrogens is 448 g/mol. The van der Waals surface area contributed by atoms with Crippen LogP contribution in [0.1, 0.15) is 47.9 Å². The largest absolute Gasteiger partial charge is 0.356 e. The Balaban J connectivity index is 1.38. The fourth-order valence-electron chi connectivity index (χ4n) is 5.41. The first-order valence-corrected chi connectivity index (χ1v) is 12.6. The number of rotatable bonds is 6. The number of benzene rings is 3. The fourth-order valence-corrected chi connectivity index (χ4v) is 5.41. The van der Waals surface area contributed by atoms with Crippen molar-refractivity contribution in [2.45, 2.75) is 50.4 Å². The van der Waals surface area contributed by atoms with Gasteiger partial charge in [0.25, 0.3) is 0 Å². The van der Waals surface area contributed by atoms with E-state index in [0.717, 1.165) is 35.4 Å². The molecule has 0 fully saturated rings. The van der Waals surface area contributed by atoms with E-state index in [1.807, 2.05) is 78.7 Å². The number of carbonyl (C=O) groups excluding carboxylic acids is 2. The lowest BCUT2D eigenvalue weighted by atomic mass is 9.97. The summed E-state index contributed by atoms with van der Waals surface area (Å²) in [5.41, 5.74) is 12.7. The molecule has 3 aromatic carbocycles. The van der Waals surface area contributed by atoms with Gasteiger partial charge in [-0.1, -0.05) is 72.8 Å². The van der Waals surface area contributed by atoms with Crippen LogP contribution in [0, 0.1) is 0 Å². The van der Waals surface area contributed by atoms with E-state index >= 15 is 0 Å². The molecule has 2 aliphatic rings. The third kappa shape index (κ3) is 4.56. The second-order valence-electron chi connectivity index (χ2n) is 9.74. The zero-order valence-electron chi connectivity index (χ0n) is 20.7. The average molecular weight is 481 g/mol. The van der Waals surface area contributed by atoms with Crippen LogP contribution in [0.2, 0.25) is 0 Å². The number of aliphatic imine (C=N–C) groups is 1. The van der Waals surface area contributed by atoms with Gasteiger partial charge in [0.05, 0.1) is 11.8 Å². The van der Waals surface area contributed by atoms with Crippen molar-refractivity contribution >= 4 is 23.1 Å². The number of nitrogens with two attached hydrogens (primary N) is 1. The van der Waals surface area contributed by atoms with E-state index in [2.05, 4.69) is 17.4 Å². The van der Waals surface area contributed by atoms with E-state index < -0.39 is 18.2 Å². The molecule has 4 atom stereocenters. The topological polar surface area (TPSA) is 87.8 Å². The minimum atomic E-state index is -0.833. The van der Waals surface area contributed by atoms with Gasteiger partial charge in [-0.15, -0.1) is 0 Å². The normalized spacial score (nSPS) is 21.6. The summed E-state index contributed by atoms with van der Waals surface area (Å²) in [5.74, 6) is -0.133. The quantitative estimate of drug-likeness (QED) is 0.562. The van der Waals surface area contributed by atoms with E-state index in [4.69, 9.17) is 10.7 Å². The van der Waals surface area contributed by atoms with Crippen LogP contribution in [0.4, 0.5) is 5.69 Å². The number of benzodiazepines with no additional fused rings is 1. The number of hydrogen-bond donors (Lipinski definition) is 2. The number of ketones is 1. The number of fused-ring (bicyclic) bond motifs is 2. The molecule has 1 aliphatic heterocycles. The first-order valence-electron chi connectivity index (χ1n) is 12.6. The number of nitrogens with zero attached hydrogens (tertiary/aromatic N) is 2. The predicted molar refractivity (Wildman–Crippen MR) is 143 cm³/mol. The third-order valence-corrected chi connectivity index (χ3v) is 7.41. The number of hydrogen-bond acceptors (Lipinski definition) is 5. The van der Waals surface area contributed by atoms with Crippen LogP contribution in [0.3, 0.4) is 0 Å². The van der Waals surface area contributed by atoms with E-state index in [1.54, 1.807) is 6.92 Å². The molecule has 6 heteroatoms. The summed E-state index contributed by atoms with van der Waals surface area (Å²) in [4.78, 5) is 33.5. The molecule has 1 aliphatic carbocycles. The van der Waals surface area contributed by atoms with Gasteiger partial charge in [0.15, 0.2) is 5.78 Å². The molecule has 0 radical (unpaired) electrons. The summed E-state index contributed by atoms with van der Waals surface area (Å²) in [6, 6.07) is 24.5. The molecule has 3 aromatic rings.